The van der Waals surface area contributed by atoms with Crippen molar-refractivity contribution in [2.24, 2.45) is 0 Å². The van der Waals surface area contributed by atoms with Crippen LogP contribution in [0.4, 0.5) is 13.2 Å². The van der Waals surface area contributed by atoms with Gasteiger partial charge >= 0.3 is 6.18 Å². The first kappa shape index (κ1) is 18.0. The number of aliphatic hydroxyl groups is 1. The Labute approximate surface area is 153 Å². The SMILES string of the molecule is O=C(C[C@](O)(c1nc2ccccc2s1)C(F)(F)F)c1cccc(Br)c1. The highest BCUT2D eigenvalue weighted by Crippen LogP contribution is 2.44. The quantitative estimate of drug-likeness (QED) is 0.588. The van der Waals surface area contributed by atoms with Crippen molar-refractivity contribution in [3.8, 4) is 0 Å². The van der Waals surface area contributed by atoms with Gasteiger partial charge in [-0.2, -0.15) is 13.2 Å². The summed E-state index contributed by atoms with van der Waals surface area (Å²) < 4.78 is 42.0. The van der Waals surface area contributed by atoms with Crippen molar-refractivity contribution in [3.05, 3.63) is 63.6 Å². The van der Waals surface area contributed by atoms with Crippen LogP contribution in [-0.2, 0) is 5.60 Å². The van der Waals surface area contributed by atoms with Crippen LogP contribution in [0.5, 0.6) is 0 Å². The number of para-hydroxylation sites is 1. The average Bonchev–Trinajstić information content (AvgIpc) is 2.98. The predicted molar refractivity (Wildman–Crippen MR) is 92.7 cm³/mol. The normalized spacial score (nSPS) is 14.4. The lowest BCUT2D eigenvalue weighted by Crippen LogP contribution is -2.44. The molecule has 2 aromatic carbocycles. The molecule has 0 aliphatic carbocycles. The van der Waals surface area contributed by atoms with Crippen LogP contribution in [0.25, 0.3) is 10.2 Å². The zero-order valence-corrected chi connectivity index (χ0v) is 15.0. The lowest BCUT2D eigenvalue weighted by molar-refractivity contribution is -0.264. The van der Waals surface area contributed by atoms with E-state index >= 15 is 0 Å². The molecule has 0 amide bonds. The van der Waals surface area contributed by atoms with Gasteiger partial charge < -0.3 is 5.11 Å². The van der Waals surface area contributed by atoms with Gasteiger partial charge in [-0.1, -0.05) is 40.2 Å². The summed E-state index contributed by atoms with van der Waals surface area (Å²) in [4.78, 5) is 16.2. The lowest BCUT2D eigenvalue weighted by atomic mass is 9.93. The first-order valence-electron chi connectivity index (χ1n) is 7.14. The molecule has 0 radical (unpaired) electrons. The van der Waals surface area contributed by atoms with Crippen LogP contribution in [0.2, 0.25) is 0 Å². The van der Waals surface area contributed by atoms with Crippen LogP contribution in [0.3, 0.4) is 0 Å². The molecule has 130 valence electrons. The number of fused-ring (bicyclic) bond motifs is 1. The molecule has 0 saturated carbocycles. The fourth-order valence-electron chi connectivity index (χ4n) is 2.34. The van der Waals surface area contributed by atoms with Gasteiger partial charge in [0, 0.05) is 10.0 Å². The number of thiazole rings is 1. The first-order valence-corrected chi connectivity index (χ1v) is 8.75. The summed E-state index contributed by atoms with van der Waals surface area (Å²) in [6.07, 6.45) is -6.17. The maximum absolute atomic E-state index is 13.6. The molecule has 0 aliphatic heterocycles. The molecule has 1 aromatic heterocycles. The van der Waals surface area contributed by atoms with Crippen LogP contribution in [0.1, 0.15) is 21.8 Å². The van der Waals surface area contributed by atoms with Crippen LogP contribution >= 0.6 is 27.3 Å². The van der Waals surface area contributed by atoms with Crippen molar-refractivity contribution in [2.75, 3.05) is 0 Å². The highest BCUT2D eigenvalue weighted by molar-refractivity contribution is 9.10. The predicted octanol–water partition coefficient (Wildman–Crippen LogP) is 5.08. The number of hydrogen-bond acceptors (Lipinski definition) is 4. The number of carbonyl (C=O) groups is 1. The van der Waals surface area contributed by atoms with Crippen LogP contribution in [0, 0.1) is 0 Å². The van der Waals surface area contributed by atoms with E-state index in [0.717, 1.165) is 11.3 Å². The van der Waals surface area contributed by atoms with Gasteiger partial charge in [0.1, 0.15) is 5.01 Å². The minimum atomic E-state index is -5.04. The fraction of sp³-hybridized carbons (Fsp3) is 0.176. The molecule has 0 aliphatic rings. The highest BCUT2D eigenvalue weighted by atomic mass is 79.9. The van der Waals surface area contributed by atoms with Crippen molar-refractivity contribution in [1.82, 2.24) is 4.98 Å². The molecule has 1 N–H and O–H groups in total. The lowest BCUT2D eigenvalue weighted by Gasteiger charge is -2.27. The summed E-state index contributed by atoms with van der Waals surface area (Å²) in [6.45, 7) is 0. The van der Waals surface area contributed by atoms with Crippen molar-refractivity contribution in [1.29, 1.82) is 0 Å². The van der Waals surface area contributed by atoms with Gasteiger partial charge in [0.2, 0.25) is 5.60 Å². The number of hydrogen-bond donors (Lipinski definition) is 1. The molecule has 0 fully saturated rings. The molecular weight excluding hydrogens is 419 g/mol. The van der Waals surface area contributed by atoms with E-state index in [1.807, 2.05) is 0 Å². The summed E-state index contributed by atoms with van der Waals surface area (Å²) in [5.41, 5.74) is -2.91. The van der Waals surface area contributed by atoms with Crippen LogP contribution in [0.15, 0.2) is 53.0 Å². The number of carbonyl (C=O) groups excluding carboxylic acids is 1. The molecule has 8 heteroatoms. The van der Waals surface area contributed by atoms with E-state index in [-0.39, 0.29) is 5.56 Å². The number of rotatable bonds is 4. The molecule has 0 spiro atoms. The number of Topliss-reactive ketones (excluding diaryl/α,β-unsaturated/α-hetero) is 1. The Bertz CT molecular complexity index is 908. The summed E-state index contributed by atoms with van der Waals surface area (Å²) >= 11 is 3.90. The van der Waals surface area contributed by atoms with Crippen molar-refractivity contribution in [2.45, 2.75) is 18.2 Å². The third-order valence-electron chi connectivity index (χ3n) is 3.68. The smallest absolute Gasteiger partial charge is 0.374 e. The topological polar surface area (TPSA) is 50.2 Å². The maximum Gasteiger partial charge on any atom is 0.424 e. The Morgan fingerprint density at radius 3 is 2.52 bits per heavy atom. The average molecular weight is 430 g/mol. The Kier molecular flexibility index (Phi) is 4.70. The Morgan fingerprint density at radius 2 is 1.88 bits per heavy atom. The standard InChI is InChI=1S/C17H11BrF3NO2S/c18-11-5-3-4-10(8-11)13(23)9-16(24,17(19,20)21)15-22-12-6-1-2-7-14(12)25-15/h1-8,24H,9H2/t16-/m0/s1. The number of alkyl halides is 3. The molecule has 3 rings (SSSR count). The van der Waals surface area contributed by atoms with Crippen LogP contribution in [-0.4, -0.2) is 22.1 Å². The Morgan fingerprint density at radius 1 is 1.16 bits per heavy atom. The maximum atomic E-state index is 13.6. The number of benzene rings is 2. The zero-order chi connectivity index (χ0) is 18.2. The van der Waals surface area contributed by atoms with Gasteiger partial charge in [0.15, 0.2) is 5.78 Å². The second kappa shape index (κ2) is 6.51. The second-order valence-corrected chi connectivity index (χ2v) is 7.40. The van der Waals surface area contributed by atoms with E-state index in [1.54, 1.807) is 36.4 Å². The van der Waals surface area contributed by atoms with E-state index in [1.165, 1.54) is 12.1 Å². The molecule has 1 heterocycles. The van der Waals surface area contributed by atoms with Gasteiger partial charge in [-0.05, 0) is 24.3 Å². The molecule has 25 heavy (non-hydrogen) atoms. The van der Waals surface area contributed by atoms with E-state index in [4.69, 9.17) is 0 Å². The minimum Gasteiger partial charge on any atom is -0.374 e. The molecule has 1 atom stereocenters. The number of aromatic nitrogens is 1. The molecule has 3 nitrogen and oxygen atoms in total. The summed E-state index contributed by atoms with van der Waals surface area (Å²) in [7, 11) is 0. The van der Waals surface area contributed by atoms with Crippen molar-refractivity contribution >= 4 is 43.3 Å². The minimum absolute atomic E-state index is 0.0816. The van der Waals surface area contributed by atoms with Crippen molar-refractivity contribution in [3.63, 3.8) is 0 Å². The van der Waals surface area contributed by atoms with Crippen molar-refractivity contribution < 1.29 is 23.1 Å². The van der Waals surface area contributed by atoms with Gasteiger partial charge in [0.25, 0.3) is 0 Å². The molecule has 3 aromatic rings. The van der Waals surface area contributed by atoms with Gasteiger partial charge in [-0.15, -0.1) is 11.3 Å². The first-order chi connectivity index (χ1) is 11.7. The molecule has 0 unspecified atom stereocenters. The van der Waals surface area contributed by atoms with Gasteiger partial charge in [0.05, 0.1) is 16.6 Å². The Hall–Kier alpha value is -1.77. The third-order valence-corrected chi connectivity index (χ3v) is 5.36. The molecule has 0 bridgehead atoms. The molecule has 0 saturated heterocycles. The van der Waals surface area contributed by atoms with Gasteiger partial charge in [-0.3, -0.25) is 4.79 Å². The summed E-state index contributed by atoms with van der Waals surface area (Å²) in [5.74, 6) is -0.819. The van der Waals surface area contributed by atoms with Gasteiger partial charge in [-0.25, -0.2) is 4.98 Å². The largest absolute Gasteiger partial charge is 0.424 e. The van der Waals surface area contributed by atoms with Crippen LogP contribution < -0.4 is 0 Å². The highest BCUT2D eigenvalue weighted by Gasteiger charge is 2.58. The summed E-state index contributed by atoms with van der Waals surface area (Å²) in [6, 6.07) is 12.5. The number of nitrogens with zero attached hydrogens (tertiary/aromatic N) is 1. The Balaban J connectivity index is 2.03. The summed E-state index contributed by atoms with van der Waals surface area (Å²) in [5, 5.41) is 9.87. The van der Waals surface area contributed by atoms with E-state index in [2.05, 4.69) is 20.9 Å². The molecular formula is C17H11BrF3NO2S. The van der Waals surface area contributed by atoms with E-state index < -0.39 is 29.0 Å². The van der Waals surface area contributed by atoms with E-state index in [0.29, 0.717) is 14.7 Å². The monoisotopic (exact) mass is 429 g/mol. The zero-order valence-electron chi connectivity index (χ0n) is 12.5. The third kappa shape index (κ3) is 3.47. The van der Waals surface area contributed by atoms with E-state index in [9.17, 15) is 23.1 Å². The fourth-order valence-corrected chi connectivity index (χ4v) is 3.82. The number of halogens is 4. The number of ketones is 1. The second-order valence-electron chi connectivity index (χ2n) is 5.46.